The molecule has 0 aliphatic rings. The second kappa shape index (κ2) is 14.0. The summed E-state index contributed by atoms with van der Waals surface area (Å²) < 4.78 is 0. The van der Waals surface area contributed by atoms with Crippen LogP contribution in [0.3, 0.4) is 0 Å². The highest BCUT2D eigenvalue weighted by Gasteiger charge is 2.15. The summed E-state index contributed by atoms with van der Waals surface area (Å²) in [5, 5.41) is 8.81. The van der Waals surface area contributed by atoms with Crippen molar-refractivity contribution in [2.24, 2.45) is 5.73 Å². The predicted molar refractivity (Wildman–Crippen MR) is 163 cm³/mol. The summed E-state index contributed by atoms with van der Waals surface area (Å²) in [6.45, 7) is 0. The first-order valence-corrected chi connectivity index (χ1v) is 13.7. The molecule has 0 aliphatic heterocycles. The molecule has 4 aromatic rings. The van der Waals surface area contributed by atoms with Crippen LogP contribution in [0.25, 0.3) is 6.08 Å². The van der Waals surface area contributed by atoms with Crippen LogP contribution >= 0.6 is 23.4 Å². The van der Waals surface area contributed by atoms with Gasteiger partial charge in [-0.1, -0.05) is 41.9 Å². The van der Waals surface area contributed by atoms with Crippen molar-refractivity contribution in [1.29, 1.82) is 0 Å². The van der Waals surface area contributed by atoms with E-state index in [0.717, 1.165) is 4.90 Å². The third-order valence-electron chi connectivity index (χ3n) is 5.65. The van der Waals surface area contributed by atoms with Crippen molar-refractivity contribution >= 4 is 64.4 Å². The molecule has 0 unspecified atom stereocenters. The fraction of sp³-hybridized carbons (Fsp3) is 0.0323. The van der Waals surface area contributed by atoms with Gasteiger partial charge in [0, 0.05) is 32.4 Å². The highest BCUT2D eigenvalue weighted by molar-refractivity contribution is 8.00. The van der Waals surface area contributed by atoms with Crippen LogP contribution in [0.2, 0.25) is 5.02 Å². The van der Waals surface area contributed by atoms with Crippen molar-refractivity contribution < 1.29 is 19.2 Å². The minimum Gasteiger partial charge on any atom is -0.366 e. The Morgan fingerprint density at radius 1 is 0.732 bits per heavy atom. The van der Waals surface area contributed by atoms with Gasteiger partial charge in [0.2, 0.25) is 11.8 Å². The molecule has 0 bridgehead atoms. The van der Waals surface area contributed by atoms with Gasteiger partial charge in [0.15, 0.2) is 0 Å². The Morgan fingerprint density at radius 3 is 1.98 bits per heavy atom. The van der Waals surface area contributed by atoms with E-state index in [4.69, 9.17) is 17.3 Å². The van der Waals surface area contributed by atoms with Crippen molar-refractivity contribution in [2.45, 2.75) is 4.90 Å². The van der Waals surface area contributed by atoms with Gasteiger partial charge in [-0.25, -0.2) is 0 Å². The molecule has 4 rings (SSSR count). The van der Waals surface area contributed by atoms with Crippen molar-refractivity contribution in [3.63, 3.8) is 0 Å². The fourth-order valence-electron chi connectivity index (χ4n) is 3.56. The zero-order valence-electron chi connectivity index (χ0n) is 21.6. The predicted octanol–water partition coefficient (Wildman–Crippen LogP) is 5.58. The quantitative estimate of drug-likeness (QED) is 0.143. The Bertz CT molecular complexity index is 1570. The second-order valence-corrected chi connectivity index (χ2v) is 10.2. The van der Waals surface area contributed by atoms with Crippen LogP contribution in [0.1, 0.15) is 26.3 Å². The summed E-state index contributed by atoms with van der Waals surface area (Å²) >= 11 is 7.30. The minimum atomic E-state index is -0.538. The number of hydrogen-bond donors (Lipinski definition) is 4. The van der Waals surface area contributed by atoms with Gasteiger partial charge < -0.3 is 21.7 Å². The van der Waals surface area contributed by atoms with E-state index in [1.165, 1.54) is 11.8 Å². The number of thioether (sulfide) groups is 1. The first-order valence-electron chi connectivity index (χ1n) is 12.3. The molecule has 0 saturated heterocycles. The van der Waals surface area contributed by atoms with E-state index in [0.29, 0.717) is 33.1 Å². The molecule has 0 heterocycles. The third-order valence-corrected chi connectivity index (χ3v) is 6.91. The molecule has 0 aromatic heterocycles. The summed E-state index contributed by atoms with van der Waals surface area (Å²) in [7, 11) is 0. The van der Waals surface area contributed by atoms with Gasteiger partial charge in [-0.15, -0.1) is 11.8 Å². The molecule has 4 aromatic carbocycles. The highest BCUT2D eigenvalue weighted by Crippen LogP contribution is 2.22. The number of hydrogen-bond acceptors (Lipinski definition) is 5. The van der Waals surface area contributed by atoms with Crippen LogP contribution in [-0.4, -0.2) is 29.4 Å². The monoisotopic (exact) mass is 584 g/mol. The van der Waals surface area contributed by atoms with Crippen LogP contribution in [0, 0.1) is 0 Å². The zero-order valence-corrected chi connectivity index (χ0v) is 23.2. The van der Waals surface area contributed by atoms with Crippen LogP contribution in [-0.2, 0) is 9.59 Å². The molecular formula is C31H25ClN4O4S. The number of benzene rings is 4. The van der Waals surface area contributed by atoms with E-state index < -0.39 is 17.7 Å². The van der Waals surface area contributed by atoms with Crippen LogP contribution in [0.4, 0.5) is 11.4 Å². The Morgan fingerprint density at radius 2 is 1.34 bits per heavy atom. The largest absolute Gasteiger partial charge is 0.366 e. The molecule has 0 atom stereocenters. The number of rotatable bonds is 10. The van der Waals surface area contributed by atoms with E-state index >= 15 is 0 Å². The lowest BCUT2D eigenvalue weighted by Crippen LogP contribution is -2.30. The van der Waals surface area contributed by atoms with Crippen molar-refractivity contribution in [3.8, 4) is 0 Å². The van der Waals surface area contributed by atoms with Crippen molar-refractivity contribution in [3.05, 3.63) is 131 Å². The van der Waals surface area contributed by atoms with Gasteiger partial charge in [0.25, 0.3) is 11.8 Å². The molecule has 0 spiro atoms. The standard InChI is InChI=1S/C31H25ClN4O4S/c32-23-10-6-20(7-11-23)18-27(36-30(39)22-4-2-1-3-5-22)31(40)35-25-14-16-26(17-15-25)41-19-28(37)34-24-12-8-21(9-13-24)29(33)38/h1-18H,19H2,(H2,33,38)(H,34,37)(H,35,40)(H,36,39)/b27-18-. The lowest BCUT2D eigenvalue weighted by atomic mass is 10.1. The smallest absolute Gasteiger partial charge is 0.272 e. The fourth-order valence-corrected chi connectivity index (χ4v) is 4.39. The second-order valence-electron chi connectivity index (χ2n) is 8.69. The normalized spacial score (nSPS) is 10.9. The van der Waals surface area contributed by atoms with Crippen molar-refractivity contribution in [2.75, 3.05) is 16.4 Å². The minimum absolute atomic E-state index is 0.0557. The average molecular weight is 585 g/mol. The Balaban J connectivity index is 1.37. The number of primary amides is 1. The molecule has 0 radical (unpaired) electrons. The summed E-state index contributed by atoms with van der Waals surface area (Å²) in [4.78, 5) is 50.3. The first-order chi connectivity index (χ1) is 19.8. The maximum absolute atomic E-state index is 13.2. The zero-order chi connectivity index (χ0) is 29.2. The summed E-state index contributed by atoms with van der Waals surface area (Å²) in [5.74, 6) is -1.53. The Hall–Kier alpha value is -4.86. The van der Waals surface area contributed by atoms with E-state index in [1.807, 2.05) is 0 Å². The SMILES string of the molecule is NC(=O)c1ccc(NC(=O)CSc2ccc(NC(=O)/C(=C/c3ccc(Cl)cc3)NC(=O)c3ccccc3)cc2)cc1. The Labute approximate surface area is 246 Å². The number of carbonyl (C=O) groups excluding carboxylic acids is 4. The molecule has 0 fully saturated rings. The lowest BCUT2D eigenvalue weighted by Gasteiger charge is -2.12. The number of amides is 4. The highest BCUT2D eigenvalue weighted by atomic mass is 35.5. The summed E-state index contributed by atoms with van der Waals surface area (Å²) in [6, 6.07) is 28.7. The number of halogens is 1. The van der Waals surface area contributed by atoms with Crippen LogP contribution in [0.5, 0.6) is 0 Å². The molecular weight excluding hydrogens is 560 g/mol. The number of carbonyl (C=O) groups is 4. The van der Waals surface area contributed by atoms with Gasteiger partial charge in [0.05, 0.1) is 5.75 Å². The van der Waals surface area contributed by atoms with E-state index in [1.54, 1.807) is 109 Å². The topological polar surface area (TPSA) is 130 Å². The van der Waals surface area contributed by atoms with Crippen LogP contribution in [0.15, 0.2) is 114 Å². The third kappa shape index (κ3) is 8.82. The van der Waals surface area contributed by atoms with Gasteiger partial charge in [0.1, 0.15) is 5.70 Å². The lowest BCUT2D eigenvalue weighted by molar-refractivity contribution is -0.114. The number of nitrogens with two attached hydrogens (primary N) is 1. The van der Waals surface area contributed by atoms with Gasteiger partial charge in [-0.3, -0.25) is 19.2 Å². The maximum atomic E-state index is 13.2. The Kier molecular flexibility index (Phi) is 9.93. The van der Waals surface area contributed by atoms with Gasteiger partial charge in [-0.2, -0.15) is 0 Å². The van der Waals surface area contributed by atoms with Crippen molar-refractivity contribution in [1.82, 2.24) is 5.32 Å². The molecule has 10 heteroatoms. The molecule has 5 N–H and O–H groups in total. The molecule has 0 aliphatic carbocycles. The molecule has 41 heavy (non-hydrogen) atoms. The van der Waals surface area contributed by atoms with E-state index in [-0.39, 0.29) is 17.4 Å². The maximum Gasteiger partial charge on any atom is 0.272 e. The summed E-state index contributed by atoms with van der Waals surface area (Å²) in [5.41, 5.74) is 7.80. The van der Waals surface area contributed by atoms with Gasteiger partial charge in [-0.05, 0) is 84.4 Å². The number of anilines is 2. The molecule has 206 valence electrons. The molecule has 8 nitrogen and oxygen atoms in total. The number of nitrogens with one attached hydrogen (secondary N) is 3. The average Bonchev–Trinajstić information content (AvgIpc) is 2.98. The van der Waals surface area contributed by atoms with E-state index in [2.05, 4.69) is 16.0 Å². The van der Waals surface area contributed by atoms with Crippen LogP contribution < -0.4 is 21.7 Å². The van der Waals surface area contributed by atoms with Gasteiger partial charge >= 0.3 is 0 Å². The molecule has 4 amide bonds. The van der Waals surface area contributed by atoms with E-state index in [9.17, 15) is 19.2 Å². The molecule has 0 saturated carbocycles. The first kappa shape index (κ1) is 29.1. The summed E-state index contributed by atoms with van der Waals surface area (Å²) in [6.07, 6.45) is 1.57.